The third kappa shape index (κ3) is 4.56. The van der Waals surface area contributed by atoms with Crippen molar-refractivity contribution in [3.8, 4) is 22.6 Å². The number of aliphatic carboxylic acids is 1. The van der Waals surface area contributed by atoms with Gasteiger partial charge >= 0.3 is 12.1 Å². The molecule has 1 fully saturated rings. The molecular weight excluding hydrogens is 436 g/mol. The van der Waals surface area contributed by atoms with Gasteiger partial charge in [0, 0.05) is 23.1 Å². The molecule has 0 radical (unpaired) electrons. The number of carboxylic acid groups (broad SMARTS) is 1. The fraction of sp³-hybridized carbons (Fsp3) is 0.250. The van der Waals surface area contributed by atoms with Crippen LogP contribution in [0.5, 0.6) is 0 Å². The zero-order valence-electron chi connectivity index (χ0n) is 18.4. The van der Waals surface area contributed by atoms with E-state index in [4.69, 9.17) is 9.72 Å². The van der Waals surface area contributed by atoms with Crippen molar-refractivity contribution in [1.29, 1.82) is 0 Å². The van der Waals surface area contributed by atoms with E-state index in [0.29, 0.717) is 5.82 Å². The lowest BCUT2D eigenvalue weighted by Crippen LogP contribution is -2.43. The summed E-state index contributed by atoms with van der Waals surface area (Å²) in [6.07, 6.45) is 0.946. The van der Waals surface area contributed by atoms with Crippen LogP contribution in [0.1, 0.15) is 25.3 Å². The number of H-pyrrole nitrogens is 1. The highest BCUT2D eigenvalue weighted by Crippen LogP contribution is 2.27. The first kappa shape index (κ1) is 21.5. The Kier molecular flexibility index (Phi) is 5.62. The molecule has 0 aliphatic heterocycles. The van der Waals surface area contributed by atoms with Crippen molar-refractivity contribution in [3.63, 3.8) is 0 Å². The average molecular weight is 458 g/mol. The number of amides is 1. The maximum absolute atomic E-state index is 12.5. The minimum Gasteiger partial charge on any atom is -0.480 e. The quantitative estimate of drug-likeness (QED) is 0.428. The predicted molar refractivity (Wildman–Crippen MR) is 122 cm³/mol. The van der Waals surface area contributed by atoms with E-state index in [1.165, 1.54) is 11.8 Å². The second-order valence-electron chi connectivity index (χ2n) is 8.26. The molecule has 1 aliphatic rings. The van der Waals surface area contributed by atoms with Crippen LogP contribution in [0.25, 0.3) is 33.5 Å². The maximum Gasteiger partial charge on any atom is 0.411 e. The average Bonchev–Trinajstić information content (AvgIpc) is 3.49. The second-order valence-corrected chi connectivity index (χ2v) is 8.26. The normalized spacial score (nSPS) is 14.0. The highest BCUT2D eigenvalue weighted by Gasteiger charge is 2.32. The largest absolute Gasteiger partial charge is 0.480 e. The molecule has 1 atom stereocenters. The monoisotopic (exact) mass is 458 g/mol. The predicted octanol–water partition coefficient (Wildman–Crippen LogP) is 3.66. The molecule has 172 valence electrons. The van der Waals surface area contributed by atoms with Crippen molar-refractivity contribution in [2.24, 2.45) is 0 Å². The first-order chi connectivity index (χ1) is 16.5. The number of hydrogen-bond acceptors (Lipinski definition) is 7. The third-order valence-corrected chi connectivity index (χ3v) is 5.74. The van der Waals surface area contributed by atoms with Crippen molar-refractivity contribution in [2.45, 2.75) is 38.5 Å². The molecule has 1 saturated carbocycles. The first-order valence-corrected chi connectivity index (χ1v) is 10.9. The SMILES string of the molecule is CC(C(=O)O)N(Cc1ccc2nc(-c3ccc(-c4nn[nH]n4)cc3)ccc2c1)C(=O)OC1CC1. The highest BCUT2D eigenvalue weighted by atomic mass is 16.6. The highest BCUT2D eigenvalue weighted by molar-refractivity contribution is 5.83. The molecule has 1 unspecified atom stereocenters. The molecule has 4 aromatic rings. The first-order valence-electron chi connectivity index (χ1n) is 10.9. The van der Waals surface area contributed by atoms with Gasteiger partial charge in [-0.05, 0) is 48.7 Å². The van der Waals surface area contributed by atoms with E-state index in [0.717, 1.165) is 46.1 Å². The number of hydrogen-bond donors (Lipinski definition) is 2. The number of benzene rings is 2. The van der Waals surface area contributed by atoms with Gasteiger partial charge in [-0.25, -0.2) is 14.6 Å². The molecule has 10 heteroatoms. The fourth-order valence-corrected chi connectivity index (χ4v) is 3.59. The van der Waals surface area contributed by atoms with Gasteiger partial charge in [0.05, 0.1) is 11.2 Å². The van der Waals surface area contributed by atoms with Gasteiger partial charge in [-0.15, -0.1) is 10.2 Å². The molecule has 5 rings (SSSR count). The zero-order chi connectivity index (χ0) is 23.7. The molecule has 2 heterocycles. The Morgan fingerprint density at radius 3 is 2.56 bits per heavy atom. The number of carbonyl (C=O) groups is 2. The lowest BCUT2D eigenvalue weighted by molar-refractivity contribution is -0.142. The van der Waals surface area contributed by atoms with E-state index in [9.17, 15) is 14.7 Å². The summed E-state index contributed by atoms with van der Waals surface area (Å²) in [5.74, 6) is -0.553. The number of aromatic nitrogens is 5. The minimum absolute atomic E-state index is 0.100. The van der Waals surface area contributed by atoms with E-state index < -0.39 is 18.1 Å². The standard InChI is InChI=1S/C24H22N6O4/c1-14(23(31)32)30(24(33)34-19-8-9-19)13-15-2-10-21-18(12-15)7-11-20(25-21)16-3-5-17(6-4-16)22-26-28-29-27-22/h2-7,10-12,14,19H,8-9,13H2,1H3,(H,31,32)(H,26,27,28,29). The molecule has 0 spiro atoms. The number of fused-ring (bicyclic) bond motifs is 1. The number of nitrogens with one attached hydrogen (secondary N) is 1. The van der Waals surface area contributed by atoms with Crippen LogP contribution in [0.4, 0.5) is 4.79 Å². The van der Waals surface area contributed by atoms with Gasteiger partial charge < -0.3 is 9.84 Å². The van der Waals surface area contributed by atoms with E-state index >= 15 is 0 Å². The van der Waals surface area contributed by atoms with Gasteiger partial charge in [0.1, 0.15) is 12.1 Å². The Morgan fingerprint density at radius 1 is 1.12 bits per heavy atom. The summed E-state index contributed by atoms with van der Waals surface area (Å²) < 4.78 is 5.35. The second kappa shape index (κ2) is 8.89. The van der Waals surface area contributed by atoms with Gasteiger partial charge in [0.25, 0.3) is 0 Å². The van der Waals surface area contributed by atoms with Crippen molar-refractivity contribution >= 4 is 23.0 Å². The van der Waals surface area contributed by atoms with Crippen LogP contribution < -0.4 is 0 Å². The van der Waals surface area contributed by atoms with Crippen LogP contribution in [0.15, 0.2) is 54.6 Å². The van der Waals surface area contributed by atoms with Crippen molar-refractivity contribution in [2.75, 3.05) is 0 Å². The number of ether oxygens (including phenoxy) is 1. The number of carbonyl (C=O) groups excluding carboxylic acids is 1. The summed E-state index contributed by atoms with van der Waals surface area (Å²) in [5.41, 5.74) is 4.20. The van der Waals surface area contributed by atoms with Gasteiger partial charge in [-0.3, -0.25) is 4.90 Å². The van der Waals surface area contributed by atoms with Gasteiger partial charge in [0.15, 0.2) is 0 Å². The summed E-state index contributed by atoms with van der Waals surface area (Å²) >= 11 is 0. The summed E-state index contributed by atoms with van der Waals surface area (Å²) in [4.78, 5) is 30.1. The lowest BCUT2D eigenvalue weighted by Gasteiger charge is -2.26. The van der Waals surface area contributed by atoms with Crippen molar-refractivity contribution in [1.82, 2.24) is 30.5 Å². The van der Waals surface area contributed by atoms with Crippen LogP contribution in [0.3, 0.4) is 0 Å². The molecule has 2 N–H and O–H groups in total. The molecule has 0 bridgehead atoms. The number of carboxylic acids is 1. The Balaban J connectivity index is 1.36. The van der Waals surface area contributed by atoms with Crippen LogP contribution in [0.2, 0.25) is 0 Å². The van der Waals surface area contributed by atoms with E-state index in [-0.39, 0.29) is 12.6 Å². The fourth-order valence-electron chi connectivity index (χ4n) is 3.59. The smallest absolute Gasteiger partial charge is 0.411 e. The Hall–Kier alpha value is -4.34. The molecule has 34 heavy (non-hydrogen) atoms. The maximum atomic E-state index is 12.5. The molecule has 2 aromatic carbocycles. The Bertz CT molecular complexity index is 1340. The van der Waals surface area contributed by atoms with Gasteiger partial charge in [-0.1, -0.05) is 36.4 Å². The van der Waals surface area contributed by atoms with E-state index in [2.05, 4.69) is 20.6 Å². The van der Waals surface area contributed by atoms with Crippen LogP contribution >= 0.6 is 0 Å². The Labute approximate surface area is 194 Å². The molecular formula is C24H22N6O4. The van der Waals surface area contributed by atoms with Crippen molar-refractivity contribution in [3.05, 3.63) is 60.2 Å². The molecule has 10 nitrogen and oxygen atoms in total. The van der Waals surface area contributed by atoms with Crippen LogP contribution in [0, 0.1) is 0 Å². The topological polar surface area (TPSA) is 134 Å². The van der Waals surface area contributed by atoms with E-state index in [1.807, 2.05) is 54.6 Å². The molecule has 2 aromatic heterocycles. The summed E-state index contributed by atoms with van der Waals surface area (Å²) in [6.45, 7) is 1.61. The number of pyridine rings is 1. The van der Waals surface area contributed by atoms with Crippen LogP contribution in [-0.2, 0) is 16.1 Å². The number of nitrogens with zero attached hydrogens (tertiary/aromatic N) is 5. The summed E-state index contributed by atoms with van der Waals surface area (Å²) in [6, 6.07) is 16.2. The van der Waals surface area contributed by atoms with Gasteiger partial charge in [0.2, 0.25) is 5.82 Å². The number of rotatable bonds is 7. The summed E-state index contributed by atoms with van der Waals surface area (Å²) in [5, 5.41) is 24.3. The zero-order valence-corrected chi connectivity index (χ0v) is 18.4. The van der Waals surface area contributed by atoms with Crippen LogP contribution in [-0.4, -0.2) is 59.8 Å². The molecule has 0 saturated heterocycles. The minimum atomic E-state index is -1.08. The van der Waals surface area contributed by atoms with Crippen molar-refractivity contribution < 1.29 is 19.4 Å². The summed E-state index contributed by atoms with van der Waals surface area (Å²) in [7, 11) is 0. The van der Waals surface area contributed by atoms with E-state index in [1.54, 1.807) is 0 Å². The third-order valence-electron chi connectivity index (χ3n) is 5.74. The Morgan fingerprint density at radius 2 is 1.88 bits per heavy atom. The molecule has 1 amide bonds. The van der Waals surface area contributed by atoms with Gasteiger partial charge in [-0.2, -0.15) is 5.21 Å². The molecule has 1 aliphatic carbocycles. The number of tetrazole rings is 1. The number of aromatic amines is 1. The lowest BCUT2D eigenvalue weighted by atomic mass is 10.1.